The average Bonchev–Trinajstić information content (AvgIpc) is 3.40. The first-order chi connectivity index (χ1) is 15.8. The number of aromatic nitrogens is 3. The van der Waals surface area contributed by atoms with Crippen molar-refractivity contribution in [2.45, 2.75) is 70.1 Å². The molecule has 2 aliphatic heterocycles. The molecule has 5 rings (SSSR count). The molecule has 1 saturated heterocycles. The molecule has 0 unspecified atom stereocenters. The van der Waals surface area contributed by atoms with Crippen molar-refractivity contribution >= 4 is 38.2 Å². The number of carboxylic acid groups (broad SMARTS) is 1. The summed E-state index contributed by atoms with van der Waals surface area (Å²) in [5.74, 6) is -0.700. The summed E-state index contributed by atoms with van der Waals surface area (Å²) in [5.41, 5.74) is 2.79. The first kappa shape index (κ1) is 22.1. The Hall–Kier alpha value is -2.69. The van der Waals surface area contributed by atoms with Crippen molar-refractivity contribution < 1.29 is 23.2 Å². The molecule has 4 heterocycles. The molecule has 0 aromatic carbocycles. The topological polar surface area (TPSA) is 136 Å². The Morgan fingerprint density at radius 1 is 1.24 bits per heavy atom. The first-order valence-electron chi connectivity index (χ1n) is 11.6. The van der Waals surface area contributed by atoms with E-state index < -0.39 is 21.4 Å². The van der Waals surface area contributed by atoms with Crippen molar-refractivity contribution in [3.8, 4) is 0 Å². The number of fused-ring (bicyclic) bond motifs is 1. The molecule has 1 aliphatic carbocycles. The number of pyridine rings is 1. The summed E-state index contributed by atoms with van der Waals surface area (Å²) >= 11 is 0. The lowest BCUT2D eigenvalue weighted by Gasteiger charge is -2.33. The Labute approximate surface area is 192 Å². The average molecular weight is 476 g/mol. The maximum absolute atomic E-state index is 11.9. The van der Waals surface area contributed by atoms with Gasteiger partial charge in [0.25, 0.3) is 0 Å². The molecule has 0 amide bonds. The van der Waals surface area contributed by atoms with Crippen molar-refractivity contribution in [1.29, 1.82) is 0 Å². The number of hydrogen-bond donors (Lipinski definition) is 2. The normalized spacial score (nSPS) is 22.9. The minimum Gasteiger partial charge on any atom is -0.481 e. The van der Waals surface area contributed by atoms with E-state index in [1.54, 1.807) is 12.4 Å². The predicted molar refractivity (Wildman–Crippen MR) is 123 cm³/mol. The molecule has 2 fully saturated rings. The van der Waals surface area contributed by atoms with Crippen molar-refractivity contribution in [2.24, 2.45) is 11.1 Å². The number of carboxylic acids is 1. The monoisotopic (exact) mass is 475 g/mol. The maximum Gasteiger partial charge on any atom is 0.306 e. The quantitative estimate of drug-likeness (QED) is 0.673. The molecule has 2 N–H and O–H groups in total. The fraction of sp³-hybridized carbons (Fsp3) is 0.636. The Morgan fingerprint density at radius 3 is 2.64 bits per heavy atom. The second kappa shape index (κ2) is 8.27. The van der Waals surface area contributed by atoms with Crippen LogP contribution in [-0.4, -0.2) is 63.1 Å². The van der Waals surface area contributed by atoms with E-state index >= 15 is 0 Å². The number of rotatable bonds is 5. The van der Waals surface area contributed by atoms with Gasteiger partial charge in [-0.25, -0.2) is 18.1 Å². The van der Waals surface area contributed by atoms with Gasteiger partial charge in [-0.3, -0.25) is 4.79 Å². The predicted octanol–water partition coefficient (Wildman–Crippen LogP) is 2.58. The zero-order valence-electron chi connectivity index (χ0n) is 18.7. The van der Waals surface area contributed by atoms with Crippen molar-refractivity contribution in [2.75, 3.05) is 16.8 Å². The molecule has 2 aromatic heterocycles. The molecule has 1 spiro atoms. The summed E-state index contributed by atoms with van der Waals surface area (Å²) in [7, 11) is -2.96. The molecule has 3 aliphatic rings. The van der Waals surface area contributed by atoms with Gasteiger partial charge < -0.3 is 15.3 Å². The molecule has 0 atom stereocenters. The van der Waals surface area contributed by atoms with Gasteiger partial charge in [-0.1, -0.05) is 5.16 Å². The van der Waals surface area contributed by atoms with Gasteiger partial charge in [-0.2, -0.15) is 5.10 Å². The van der Waals surface area contributed by atoms with E-state index in [-0.39, 0.29) is 23.5 Å². The Bertz CT molecular complexity index is 1200. The van der Waals surface area contributed by atoms with Crippen LogP contribution in [-0.2, 0) is 26.0 Å². The van der Waals surface area contributed by atoms with Crippen LogP contribution in [0.3, 0.4) is 0 Å². The third kappa shape index (κ3) is 4.18. The lowest BCUT2D eigenvalue weighted by Crippen LogP contribution is -2.36. The summed E-state index contributed by atoms with van der Waals surface area (Å²) in [6.07, 6.45) is 7.77. The van der Waals surface area contributed by atoms with Gasteiger partial charge in [0.1, 0.15) is 15.4 Å². The molecular formula is C22H29N5O5S. The van der Waals surface area contributed by atoms with Gasteiger partial charge in [0.15, 0.2) is 5.65 Å². The van der Waals surface area contributed by atoms with E-state index in [4.69, 9.17) is 4.84 Å². The Kier molecular flexibility index (Phi) is 5.54. The van der Waals surface area contributed by atoms with Gasteiger partial charge in [0.2, 0.25) is 0 Å². The van der Waals surface area contributed by atoms with Crippen LogP contribution in [0.25, 0.3) is 11.0 Å². The van der Waals surface area contributed by atoms with E-state index in [1.165, 1.54) is 0 Å². The number of hydrogen-bond acceptors (Lipinski definition) is 8. The summed E-state index contributed by atoms with van der Waals surface area (Å²) in [5, 5.41) is 22.7. The van der Waals surface area contributed by atoms with E-state index in [0.717, 1.165) is 28.0 Å². The molecule has 0 bridgehead atoms. The van der Waals surface area contributed by atoms with Crippen LogP contribution in [0.15, 0.2) is 17.5 Å². The van der Waals surface area contributed by atoms with Crippen molar-refractivity contribution in [3.05, 3.63) is 18.0 Å². The molecule has 0 radical (unpaired) electrons. The van der Waals surface area contributed by atoms with Crippen LogP contribution in [0.1, 0.15) is 57.4 Å². The lowest BCUT2D eigenvalue weighted by molar-refractivity contribution is -0.145. The molecule has 178 valence electrons. The van der Waals surface area contributed by atoms with Crippen molar-refractivity contribution in [3.63, 3.8) is 0 Å². The Balaban J connectivity index is 1.43. The molecule has 2 aromatic rings. The summed E-state index contributed by atoms with van der Waals surface area (Å²) in [6.45, 7) is 2.70. The summed E-state index contributed by atoms with van der Waals surface area (Å²) < 4.78 is 25.6. The van der Waals surface area contributed by atoms with Crippen LogP contribution in [0.5, 0.6) is 0 Å². The highest BCUT2D eigenvalue weighted by molar-refractivity contribution is 7.91. The van der Waals surface area contributed by atoms with Gasteiger partial charge >= 0.3 is 5.97 Å². The first-order valence-corrected chi connectivity index (χ1v) is 13.4. The van der Waals surface area contributed by atoms with Gasteiger partial charge in [0, 0.05) is 30.8 Å². The van der Waals surface area contributed by atoms with Crippen LogP contribution in [0.4, 0.5) is 5.69 Å². The van der Waals surface area contributed by atoms with Gasteiger partial charge in [0.05, 0.1) is 40.4 Å². The number of sulfone groups is 1. The van der Waals surface area contributed by atoms with E-state index in [1.807, 2.05) is 11.6 Å². The highest BCUT2D eigenvalue weighted by Gasteiger charge is 2.44. The summed E-state index contributed by atoms with van der Waals surface area (Å²) in [6, 6.07) is 0.0331. The van der Waals surface area contributed by atoms with E-state index in [9.17, 15) is 18.3 Å². The zero-order chi connectivity index (χ0) is 23.2. The number of aryl methyl sites for hydroxylation is 1. The van der Waals surface area contributed by atoms with E-state index in [2.05, 4.69) is 20.6 Å². The van der Waals surface area contributed by atoms with Gasteiger partial charge in [-0.05, 0) is 45.4 Å². The van der Waals surface area contributed by atoms with Crippen molar-refractivity contribution in [1.82, 2.24) is 14.8 Å². The lowest BCUT2D eigenvalue weighted by atomic mass is 9.76. The number of nitrogens with one attached hydrogen (secondary N) is 1. The smallest absolute Gasteiger partial charge is 0.306 e. The van der Waals surface area contributed by atoms with Crippen LogP contribution < -0.4 is 5.32 Å². The number of aliphatic carboxylic acids is 1. The largest absolute Gasteiger partial charge is 0.481 e. The molecular weight excluding hydrogens is 446 g/mol. The Morgan fingerprint density at radius 2 is 1.97 bits per heavy atom. The number of anilines is 1. The molecule has 10 nitrogen and oxygen atoms in total. The second-order valence-electron chi connectivity index (χ2n) is 9.42. The SMILES string of the molecule is CCn1ncc2c(NC3CCS(=O)(=O)CC3)c(C3=NOC4(CCC(C(=O)O)CC4)C3)cnc21. The number of carbonyl (C=O) groups is 1. The fourth-order valence-corrected chi connectivity index (χ4v) is 6.69. The highest BCUT2D eigenvalue weighted by Crippen LogP contribution is 2.43. The molecule has 1 saturated carbocycles. The maximum atomic E-state index is 11.9. The molecule has 33 heavy (non-hydrogen) atoms. The van der Waals surface area contributed by atoms with Gasteiger partial charge in [-0.15, -0.1) is 0 Å². The van der Waals surface area contributed by atoms with Crippen LogP contribution in [0.2, 0.25) is 0 Å². The summed E-state index contributed by atoms with van der Waals surface area (Å²) in [4.78, 5) is 21.9. The minimum atomic E-state index is -2.96. The minimum absolute atomic E-state index is 0.0331. The number of oxime groups is 1. The zero-order valence-corrected chi connectivity index (χ0v) is 19.5. The molecule has 11 heteroatoms. The fourth-order valence-electron chi connectivity index (χ4n) is 5.20. The highest BCUT2D eigenvalue weighted by atomic mass is 32.2. The third-order valence-corrected chi connectivity index (χ3v) is 8.98. The third-order valence-electron chi connectivity index (χ3n) is 7.26. The van der Waals surface area contributed by atoms with E-state index in [0.29, 0.717) is 51.5 Å². The second-order valence-corrected chi connectivity index (χ2v) is 11.7. The standard InChI is InChI=1S/C22H29N5O5S/c1-2-27-20-17(13-24-27)19(25-15-5-9-33(30,31)10-6-15)16(12-23-20)18-11-22(32-26-18)7-3-14(4-8-22)21(28)29/h12-15H,2-11H2,1H3,(H,23,25)(H,28,29). The number of nitrogens with zero attached hydrogens (tertiary/aromatic N) is 4. The van der Waals surface area contributed by atoms with Crippen LogP contribution >= 0.6 is 0 Å². The van der Waals surface area contributed by atoms with Crippen LogP contribution in [0, 0.1) is 5.92 Å².